The van der Waals surface area contributed by atoms with Gasteiger partial charge >= 0.3 is 5.97 Å². The summed E-state index contributed by atoms with van der Waals surface area (Å²) in [5.41, 5.74) is 4.56. The van der Waals surface area contributed by atoms with Gasteiger partial charge in [-0.05, 0) is 70.2 Å². The fourth-order valence-corrected chi connectivity index (χ4v) is 14.4. The Kier molecular flexibility index (Phi) is 23.7. The van der Waals surface area contributed by atoms with Crippen LogP contribution in [0.1, 0.15) is 133 Å². The van der Waals surface area contributed by atoms with Crippen molar-refractivity contribution in [2.45, 2.75) is 120 Å². The largest absolute Gasteiger partial charge is 0.491 e. The average molecular weight is 1020 g/mol. The molecule has 384 valence electrons. The van der Waals surface area contributed by atoms with Crippen molar-refractivity contribution in [1.29, 1.82) is 0 Å². The van der Waals surface area contributed by atoms with E-state index in [1.165, 1.54) is 38.5 Å². The SMILES string of the molecule is C.CCCCCCCCCCCC(=O)OCCOc1c(C)cc(C)c(C(=O)P(=O)(c2ccccc2)c2ccccc2)c1C.Cc1cc(C)c(C(=O)P(=O)(c2ccccc2)c2ccccc2)c(C)c1OCCO. The maximum atomic E-state index is 14.7. The smallest absolute Gasteiger partial charge is 0.305 e. The molecule has 11 heteroatoms. The summed E-state index contributed by atoms with van der Waals surface area (Å²) >= 11 is 0. The first-order valence-corrected chi connectivity index (χ1v) is 28.4. The molecule has 72 heavy (non-hydrogen) atoms. The minimum Gasteiger partial charge on any atom is -0.491 e. The molecule has 1 N–H and O–H groups in total. The van der Waals surface area contributed by atoms with Gasteiger partial charge in [-0.1, -0.05) is 199 Å². The summed E-state index contributed by atoms with van der Waals surface area (Å²) in [6.45, 7) is 13.7. The molecule has 9 nitrogen and oxygen atoms in total. The molecule has 0 heterocycles. The highest BCUT2D eigenvalue weighted by Gasteiger charge is 2.40. The monoisotopic (exact) mass is 1010 g/mol. The minimum absolute atomic E-state index is 0. The van der Waals surface area contributed by atoms with Crippen molar-refractivity contribution < 1.29 is 42.8 Å². The quantitative estimate of drug-likeness (QED) is 0.0338. The number of hydrogen-bond donors (Lipinski definition) is 1. The highest BCUT2D eigenvalue weighted by Crippen LogP contribution is 2.50. The number of esters is 1. The summed E-state index contributed by atoms with van der Waals surface area (Å²) < 4.78 is 46.3. The number of benzene rings is 6. The maximum absolute atomic E-state index is 14.7. The fraction of sp³-hybridized carbons (Fsp3) is 0.361. The number of aliphatic hydroxyl groups excluding tert-OH is 1. The molecule has 6 aromatic carbocycles. The molecule has 0 aromatic heterocycles. The lowest BCUT2D eigenvalue weighted by Gasteiger charge is -2.22. The Morgan fingerprint density at radius 3 is 1.14 bits per heavy atom. The summed E-state index contributed by atoms with van der Waals surface area (Å²) in [7, 11) is -7.26. The second-order valence-electron chi connectivity index (χ2n) is 18.1. The molecule has 0 saturated heterocycles. The van der Waals surface area contributed by atoms with Crippen LogP contribution in [-0.2, 0) is 18.7 Å². The van der Waals surface area contributed by atoms with Crippen molar-refractivity contribution in [3.63, 3.8) is 0 Å². The van der Waals surface area contributed by atoms with Crippen LogP contribution in [0.3, 0.4) is 0 Å². The molecule has 6 aromatic rings. The van der Waals surface area contributed by atoms with Crippen LogP contribution in [0.4, 0.5) is 0 Å². The van der Waals surface area contributed by atoms with Gasteiger partial charge in [-0.15, -0.1) is 0 Å². The molecule has 0 atom stereocenters. The van der Waals surface area contributed by atoms with Crippen molar-refractivity contribution in [1.82, 2.24) is 0 Å². The van der Waals surface area contributed by atoms with Crippen LogP contribution in [0.25, 0.3) is 0 Å². The van der Waals surface area contributed by atoms with Crippen molar-refractivity contribution in [2.75, 3.05) is 26.4 Å². The van der Waals surface area contributed by atoms with Crippen molar-refractivity contribution in [2.24, 2.45) is 0 Å². The Morgan fingerprint density at radius 2 is 0.792 bits per heavy atom. The zero-order valence-corrected chi connectivity index (χ0v) is 44.5. The van der Waals surface area contributed by atoms with E-state index in [1.807, 2.05) is 71.0 Å². The van der Waals surface area contributed by atoms with Gasteiger partial charge in [-0.3, -0.25) is 14.4 Å². The van der Waals surface area contributed by atoms with Gasteiger partial charge in [0.05, 0.1) is 6.61 Å². The van der Waals surface area contributed by atoms with Crippen LogP contribution in [0.2, 0.25) is 0 Å². The first-order chi connectivity index (χ1) is 34.2. The molecule has 0 bridgehead atoms. The van der Waals surface area contributed by atoms with E-state index in [4.69, 9.17) is 19.3 Å². The second-order valence-corrected chi connectivity index (χ2v) is 23.4. The number of ether oxygens (including phenoxy) is 3. The lowest BCUT2D eigenvalue weighted by Crippen LogP contribution is -2.24. The van der Waals surface area contributed by atoms with Gasteiger partial charge in [0.1, 0.15) is 31.3 Å². The third-order valence-electron chi connectivity index (χ3n) is 12.7. The van der Waals surface area contributed by atoms with E-state index >= 15 is 0 Å². The second kappa shape index (κ2) is 29.0. The van der Waals surface area contributed by atoms with Crippen LogP contribution in [0.5, 0.6) is 11.5 Å². The van der Waals surface area contributed by atoms with E-state index in [1.54, 1.807) is 104 Å². The molecule has 0 radical (unpaired) electrons. The summed E-state index contributed by atoms with van der Waals surface area (Å²) in [6, 6.07) is 39.5. The van der Waals surface area contributed by atoms with Crippen molar-refractivity contribution in [3.05, 3.63) is 178 Å². The van der Waals surface area contributed by atoms with E-state index in [0.29, 0.717) is 61.4 Å². The highest BCUT2D eigenvalue weighted by atomic mass is 31.2. The molecule has 0 aliphatic carbocycles. The van der Waals surface area contributed by atoms with E-state index < -0.39 is 25.3 Å². The molecule has 0 aliphatic rings. The number of aliphatic hydroxyl groups is 1. The van der Waals surface area contributed by atoms with Crippen LogP contribution in [0, 0.1) is 41.5 Å². The average Bonchev–Trinajstić information content (AvgIpc) is 3.38. The maximum Gasteiger partial charge on any atom is 0.305 e. The summed E-state index contributed by atoms with van der Waals surface area (Å²) in [5, 5.41) is 11.2. The Hall–Kier alpha value is -5.85. The van der Waals surface area contributed by atoms with Crippen LogP contribution >= 0.6 is 14.3 Å². The lowest BCUT2D eigenvalue weighted by molar-refractivity contribution is -0.144. The van der Waals surface area contributed by atoms with Gasteiger partial charge in [-0.2, -0.15) is 0 Å². The summed E-state index contributed by atoms with van der Waals surface area (Å²) in [6.07, 6.45) is 11.2. The molecular weight excluding hydrogens is 939 g/mol. The number of unbranched alkanes of at least 4 members (excludes halogenated alkanes) is 8. The number of carbonyl (C=O) groups is 3. The number of aryl methyl sites for hydroxylation is 4. The highest BCUT2D eigenvalue weighted by molar-refractivity contribution is 7.94. The predicted molar refractivity (Wildman–Crippen MR) is 297 cm³/mol. The molecule has 0 saturated carbocycles. The van der Waals surface area contributed by atoms with Gasteiger partial charge in [0, 0.05) is 49.9 Å². The molecule has 0 fully saturated rings. The van der Waals surface area contributed by atoms with Gasteiger partial charge < -0.3 is 28.4 Å². The van der Waals surface area contributed by atoms with Crippen LogP contribution in [0.15, 0.2) is 133 Å². The molecule has 0 unspecified atom stereocenters. The standard InChI is InChI=1S/C36H47O5P.C24H25O4P.CH4/c1-5-6-7-8-9-10-11-12-19-24-33(37)40-25-26-41-35-29(3)27-28(2)34(30(35)4)36(38)42(39,31-20-15-13-16-21-31)32-22-17-14-18-23-32;1-17-16-18(2)23(28-15-14-25)19(3)22(17)24(26)29(27,20-10-6-4-7-11-20)21-12-8-5-9-13-21;/h13-18,20-23,27H,5-12,19,24-26H2,1-4H3;4-13,16,25H,14-15H2,1-3H3;1H4. The summed E-state index contributed by atoms with van der Waals surface area (Å²) in [4.78, 5) is 40.3. The Labute approximate surface area is 429 Å². The third-order valence-corrected chi connectivity index (χ3v) is 18.4. The van der Waals surface area contributed by atoms with Gasteiger partial charge in [0.2, 0.25) is 25.3 Å². The fourth-order valence-electron chi connectivity index (χ4n) is 9.17. The van der Waals surface area contributed by atoms with Crippen molar-refractivity contribution in [3.8, 4) is 11.5 Å². The topological polar surface area (TPSA) is 133 Å². The Balaban J connectivity index is 0.000000328. The molecule has 6 rings (SSSR count). The number of hydrogen-bond acceptors (Lipinski definition) is 9. The summed E-state index contributed by atoms with van der Waals surface area (Å²) in [5.74, 6) is 0.911. The van der Waals surface area contributed by atoms with Gasteiger partial charge in [-0.25, -0.2) is 0 Å². The predicted octanol–water partition coefficient (Wildman–Crippen LogP) is 13.4. The first-order valence-electron chi connectivity index (χ1n) is 25.0. The first kappa shape index (κ1) is 58.7. The Morgan fingerprint density at radius 1 is 0.458 bits per heavy atom. The normalized spacial score (nSPS) is 11.2. The molecule has 0 spiro atoms. The van der Waals surface area contributed by atoms with E-state index in [9.17, 15) is 23.5 Å². The van der Waals surface area contributed by atoms with E-state index in [0.717, 1.165) is 41.5 Å². The lowest BCUT2D eigenvalue weighted by atomic mass is 9.99. The van der Waals surface area contributed by atoms with E-state index in [2.05, 4.69) is 6.92 Å². The van der Waals surface area contributed by atoms with Gasteiger partial charge in [0.15, 0.2) is 0 Å². The zero-order valence-electron chi connectivity index (χ0n) is 42.7. The van der Waals surface area contributed by atoms with Gasteiger partial charge in [0.25, 0.3) is 0 Å². The molecule has 0 amide bonds. The minimum atomic E-state index is -3.66. The number of carbonyl (C=O) groups excluding carboxylic acids is 3. The van der Waals surface area contributed by atoms with Crippen LogP contribution < -0.4 is 30.7 Å². The zero-order chi connectivity index (χ0) is 51.4. The van der Waals surface area contributed by atoms with E-state index in [-0.39, 0.29) is 39.8 Å². The number of rotatable bonds is 25. The molecule has 0 aliphatic heterocycles. The van der Waals surface area contributed by atoms with Crippen LogP contribution in [-0.4, -0.2) is 48.6 Å². The Bertz CT molecular complexity index is 2690. The third kappa shape index (κ3) is 14.6. The molecular formula is C61H76O9P2. The van der Waals surface area contributed by atoms with Crippen molar-refractivity contribution >= 4 is 52.5 Å².